The summed E-state index contributed by atoms with van der Waals surface area (Å²) in [6, 6.07) is 7.08. The molecule has 2 fully saturated rings. The van der Waals surface area contributed by atoms with Crippen LogP contribution in [0.5, 0.6) is 0 Å². The predicted molar refractivity (Wildman–Crippen MR) is 102 cm³/mol. The number of nitrogens with zero attached hydrogens (tertiary/aromatic N) is 3. The van der Waals surface area contributed by atoms with Crippen LogP contribution in [-0.4, -0.2) is 67.1 Å². The number of nitrogens with one attached hydrogen (secondary N) is 1. The van der Waals surface area contributed by atoms with E-state index in [0.717, 1.165) is 25.1 Å². The second-order valence-corrected chi connectivity index (χ2v) is 7.00. The largest absolute Gasteiger partial charge is 0.459 e. The van der Waals surface area contributed by atoms with Gasteiger partial charge in [0.2, 0.25) is 0 Å². The predicted octanol–water partition coefficient (Wildman–Crippen LogP) is 1.55. The zero-order valence-corrected chi connectivity index (χ0v) is 15.7. The number of piperazine rings is 1. The highest BCUT2D eigenvalue weighted by Gasteiger charge is 2.24. The van der Waals surface area contributed by atoms with Crippen molar-refractivity contribution in [1.82, 2.24) is 15.2 Å². The molecule has 2 aromatic rings. The van der Waals surface area contributed by atoms with Gasteiger partial charge in [0, 0.05) is 51.2 Å². The third kappa shape index (κ3) is 4.17. The number of furan rings is 1. The van der Waals surface area contributed by atoms with Crippen LogP contribution in [0.25, 0.3) is 0 Å². The summed E-state index contributed by atoms with van der Waals surface area (Å²) in [5, 5.41) is 2.90. The van der Waals surface area contributed by atoms with Gasteiger partial charge in [-0.3, -0.25) is 14.6 Å². The number of amides is 2. The molecular weight excluding hydrogens is 360 g/mol. The smallest absolute Gasteiger partial charge is 0.289 e. The van der Waals surface area contributed by atoms with Crippen LogP contribution < -0.4 is 10.2 Å². The van der Waals surface area contributed by atoms with Gasteiger partial charge in [-0.1, -0.05) is 0 Å². The quantitative estimate of drug-likeness (QED) is 0.842. The van der Waals surface area contributed by atoms with Gasteiger partial charge in [-0.05, 0) is 37.1 Å². The molecule has 0 radical (unpaired) electrons. The Bertz CT molecular complexity index is 809. The highest BCUT2D eigenvalue weighted by Crippen LogP contribution is 2.18. The number of rotatable bonds is 5. The fourth-order valence-electron chi connectivity index (χ4n) is 3.57. The molecule has 4 heterocycles. The molecule has 28 heavy (non-hydrogen) atoms. The Labute approximate surface area is 163 Å². The van der Waals surface area contributed by atoms with Crippen LogP contribution in [0.4, 0.5) is 5.69 Å². The highest BCUT2D eigenvalue weighted by atomic mass is 16.5. The number of carbonyl (C=O) groups is 2. The number of anilines is 1. The number of pyridine rings is 1. The minimum absolute atomic E-state index is 0.0893. The minimum Gasteiger partial charge on any atom is -0.459 e. The van der Waals surface area contributed by atoms with Gasteiger partial charge in [0.05, 0.1) is 12.4 Å². The standard InChI is InChI=1S/C20H24N4O4/c25-19(22-14-16-3-1-11-27-16)17-13-15(5-6-21-17)23-7-9-24(10-8-23)20(26)18-4-2-12-28-18/h2,4-6,12-13,16H,1,3,7-11,14H2,(H,22,25). The molecule has 4 rings (SSSR count). The molecule has 8 heteroatoms. The summed E-state index contributed by atoms with van der Waals surface area (Å²) in [6.07, 6.45) is 5.28. The lowest BCUT2D eigenvalue weighted by Gasteiger charge is -2.35. The van der Waals surface area contributed by atoms with Crippen molar-refractivity contribution in [2.75, 3.05) is 44.2 Å². The van der Waals surface area contributed by atoms with Gasteiger partial charge in [-0.2, -0.15) is 0 Å². The molecule has 0 spiro atoms. The van der Waals surface area contributed by atoms with Crippen molar-refractivity contribution in [2.45, 2.75) is 18.9 Å². The Morgan fingerprint density at radius 3 is 2.79 bits per heavy atom. The molecule has 1 unspecified atom stereocenters. The summed E-state index contributed by atoms with van der Waals surface area (Å²) < 4.78 is 10.7. The van der Waals surface area contributed by atoms with Crippen LogP contribution in [0.3, 0.4) is 0 Å². The third-order valence-corrected chi connectivity index (χ3v) is 5.15. The normalized spacial score (nSPS) is 19.6. The van der Waals surface area contributed by atoms with Crippen molar-refractivity contribution in [2.24, 2.45) is 0 Å². The molecule has 2 aliphatic heterocycles. The zero-order valence-electron chi connectivity index (χ0n) is 15.7. The van der Waals surface area contributed by atoms with Gasteiger partial charge in [0.15, 0.2) is 5.76 Å². The Morgan fingerprint density at radius 1 is 1.21 bits per heavy atom. The molecule has 1 N–H and O–H groups in total. The Balaban J connectivity index is 1.33. The summed E-state index contributed by atoms with van der Waals surface area (Å²) in [6.45, 7) is 3.85. The van der Waals surface area contributed by atoms with Gasteiger partial charge >= 0.3 is 0 Å². The molecule has 2 amide bonds. The Kier molecular flexibility index (Phi) is 5.57. The van der Waals surface area contributed by atoms with E-state index in [1.54, 1.807) is 29.3 Å². The maximum absolute atomic E-state index is 12.4. The lowest BCUT2D eigenvalue weighted by molar-refractivity contribution is 0.0714. The average molecular weight is 384 g/mol. The second kappa shape index (κ2) is 8.43. The van der Waals surface area contributed by atoms with Crippen LogP contribution in [0.2, 0.25) is 0 Å². The first-order valence-corrected chi connectivity index (χ1v) is 9.64. The van der Waals surface area contributed by atoms with Crippen molar-refractivity contribution in [3.63, 3.8) is 0 Å². The molecule has 0 bridgehead atoms. The van der Waals surface area contributed by atoms with Gasteiger partial charge in [-0.25, -0.2) is 0 Å². The van der Waals surface area contributed by atoms with Crippen molar-refractivity contribution < 1.29 is 18.7 Å². The maximum atomic E-state index is 12.4. The number of carbonyl (C=O) groups excluding carboxylic acids is 2. The molecule has 0 aliphatic carbocycles. The summed E-state index contributed by atoms with van der Waals surface area (Å²) in [4.78, 5) is 32.9. The van der Waals surface area contributed by atoms with E-state index in [9.17, 15) is 9.59 Å². The van der Waals surface area contributed by atoms with Gasteiger partial charge in [-0.15, -0.1) is 0 Å². The van der Waals surface area contributed by atoms with Gasteiger partial charge < -0.3 is 24.3 Å². The van der Waals surface area contributed by atoms with Crippen molar-refractivity contribution in [3.05, 3.63) is 48.2 Å². The van der Waals surface area contributed by atoms with Crippen LogP contribution in [0.1, 0.15) is 33.9 Å². The molecule has 148 valence electrons. The summed E-state index contributed by atoms with van der Waals surface area (Å²) in [5.41, 5.74) is 1.33. The molecular formula is C20H24N4O4. The van der Waals surface area contributed by atoms with E-state index >= 15 is 0 Å². The van der Waals surface area contributed by atoms with Crippen LogP contribution in [0, 0.1) is 0 Å². The van der Waals surface area contributed by atoms with Crippen molar-refractivity contribution in [3.8, 4) is 0 Å². The van der Waals surface area contributed by atoms with E-state index in [4.69, 9.17) is 9.15 Å². The first-order chi connectivity index (χ1) is 13.7. The van der Waals surface area contributed by atoms with Crippen molar-refractivity contribution >= 4 is 17.5 Å². The summed E-state index contributed by atoms with van der Waals surface area (Å²) >= 11 is 0. The molecule has 2 aliphatic rings. The number of ether oxygens (including phenoxy) is 1. The summed E-state index contributed by atoms with van der Waals surface area (Å²) in [5.74, 6) is 0.0834. The van der Waals surface area contributed by atoms with Crippen molar-refractivity contribution in [1.29, 1.82) is 0 Å². The van der Waals surface area contributed by atoms with Gasteiger partial charge in [0.1, 0.15) is 5.69 Å². The van der Waals surface area contributed by atoms with Crippen LogP contribution in [-0.2, 0) is 4.74 Å². The number of hydrogen-bond donors (Lipinski definition) is 1. The second-order valence-electron chi connectivity index (χ2n) is 7.00. The molecule has 2 saturated heterocycles. The van der Waals surface area contributed by atoms with E-state index in [2.05, 4.69) is 15.2 Å². The highest BCUT2D eigenvalue weighted by molar-refractivity contribution is 5.93. The Morgan fingerprint density at radius 2 is 2.07 bits per heavy atom. The first-order valence-electron chi connectivity index (χ1n) is 9.64. The third-order valence-electron chi connectivity index (χ3n) is 5.15. The first kappa shape index (κ1) is 18.5. The Hall–Kier alpha value is -2.87. The molecule has 2 aromatic heterocycles. The lowest BCUT2D eigenvalue weighted by Crippen LogP contribution is -2.48. The molecule has 1 atom stereocenters. The fourth-order valence-corrected chi connectivity index (χ4v) is 3.57. The van der Waals surface area contributed by atoms with Gasteiger partial charge in [0.25, 0.3) is 11.8 Å². The molecule has 8 nitrogen and oxygen atoms in total. The lowest BCUT2D eigenvalue weighted by atomic mass is 10.2. The van der Waals surface area contributed by atoms with E-state index in [-0.39, 0.29) is 17.9 Å². The van der Waals surface area contributed by atoms with Crippen LogP contribution >= 0.6 is 0 Å². The average Bonchev–Trinajstić information content (AvgIpc) is 3.46. The minimum atomic E-state index is -0.191. The van der Waals surface area contributed by atoms with E-state index in [1.165, 1.54) is 6.26 Å². The van der Waals surface area contributed by atoms with E-state index < -0.39 is 0 Å². The van der Waals surface area contributed by atoms with E-state index in [1.807, 2.05) is 6.07 Å². The number of hydrogen-bond acceptors (Lipinski definition) is 6. The van der Waals surface area contributed by atoms with E-state index in [0.29, 0.717) is 44.2 Å². The zero-order chi connectivity index (χ0) is 19.3. The topological polar surface area (TPSA) is 87.9 Å². The molecule has 0 aromatic carbocycles. The molecule has 0 saturated carbocycles. The SMILES string of the molecule is O=C(NCC1CCCO1)c1cc(N2CCN(C(=O)c3ccco3)CC2)ccn1. The summed E-state index contributed by atoms with van der Waals surface area (Å²) in [7, 11) is 0. The monoisotopic (exact) mass is 384 g/mol. The maximum Gasteiger partial charge on any atom is 0.289 e. The van der Waals surface area contributed by atoms with Crippen LogP contribution in [0.15, 0.2) is 41.1 Å². The fraction of sp³-hybridized carbons (Fsp3) is 0.450. The number of aromatic nitrogens is 1.